The van der Waals surface area contributed by atoms with E-state index in [1.165, 1.54) is 24.3 Å². The molecule has 136 valence electrons. The fraction of sp³-hybridized carbons (Fsp3) is 0.533. The molecule has 0 spiro atoms. The molecule has 8 nitrogen and oxygen atoms in total. The van der Waals surface area contributed by atoms with Gasteiger partial charge in [0.2, 0.25) is 10.0 Å². The minimum atomic E-state index is -3.90. The Labute approximate surface area is 141 Å². The second-order valence-electron chi connectivity index (χ2n) is 6.35. The summed E-state index contributed by atoms with van der Waals surface area (Å²) in [6, 6.07) is 5.39. The Hall–Kier alpha value is -1.68. The minimum Gasteiger partial charge on any atom is -0.444 e. The molecule has 0 aliphatic heterocycles. The van der Waals surface area contributed by atoms with Crippen LogP contribution in [0.3, 0.4) is 0 Å². The number of hydrogen-bond acceptors (Lipinski definition) is 6. The van der Waals surface area contributed by atoms with Gasteiger partial charge in [-0.3, -0.25) is 0 Å². The van der Waals surface area contributed by atoms with Crippen LogP contribution < -0.4 is 10.5 Å². The summed E-state index contributed by atoms with van der Waals surface area (Å²) in [5, 5.41) is 27.6. The zero-order valence-electron chi connectivity index (χ0n) is 13.9. The van der Waals surface area contributed by atoms with E-state index >= 15 is 0 Å². The lowest BCUT2D eigenvalue weighted by atomic mass is 10.0. The molecule has 2 atom stereocenters. The number of nitrogens with two attached hydrogens (primary N) is 1. The summed E-state index contributed by atoms with van der Waals surface area (Å²) in [6.45, 7) is 5.26. The number of carbonyl (C=O) groups excluding carboxylic acids is 1. The van der Waals surface area contributed by atoms with Gasteiger partial charge in [-0.25, -0.2) is 18.4 Å². The highest BCUT2D eigenvalue weighted by atomic mass is 32.2. The van der Waals surface area contributed by atoms with Crippen LogP contribution in [0.15, 0.2) is 29.2 Å². The van der Waals surface area contributed by atoms with Crippen LogP contribution in [0.5, 0.6) is 0 Å². The number of ether oxygens (including phenoxy) is 1. The third-order valence-electron chi connectivity index (χ3n) is 3.00. The maximum atomic E-state index is 11.5. The summed E-state index contributed by atoms with van der Waals surface area (Å²) in [5.41, 5.74) is -0.414. The predicted molar refractivity (Wildman–Crippen MR) is 87.6 cm³/mol. The molecule has 0 radical (unpaired) electrons. The fourth-order valence-corrected chi connectivity index (χ4v) is 2.46. The van der Waals surface area contributed by atoms with Crippen LogP contribution in [0.1, 0.15) is 38.9 Å². The van der Waals surface area contributed by atoms with Crippen molar-refractivity contribution in [2.45, 2.75) is 49.9 Å². The molecule has 1 aromatic carbocycles. The number of sulfonamides is 1. The van der Waals surface area contributed by atoms with Gasteiger partial charge in [-0.05, 0) is 44.9 Å². The minimum absolute atomic E-state index is 0.0556. The number of hydrogen-bond donors (Lipinski definition) is 4. The Morgan fingerprint density at radius 2 is 1.96 bits per heavy atom. The first-order valence-electron chi connectivity index (χ1n) is 7.36. The monoisotopic (exact) mass is 360 g/mol. The Morgan fingerprint density at radius 3 is 2.50 bits per heavy atom. The molecule has 0 bridgehead atoms. The average molecular weight is 360 g/mol. The summed E-state index contributed by atoms with van der Waals surface area (Å²) in [5.74, 6) is 0. The Balaban J connectivity index is 2.59. The Morgan fingerprint density at radius 1 is 1.33 bits per heavy atom. The normalized spacial score (nSPS) is 14.8. The lowest BCUT2D eigenvalue weighted by molar-refractivity contribution is 0.0122. The van der Waals surface area contributed by atoms with Gasteiger partial charge in [0, 0.05) is 6.54 Å². The van der Waals surface area contributed by atoms with E-state index < -0.39 is 33.9 Å². The lowest BCUT2D eigenvalue weighted by Gasteiger charge is -2.21. The lowest BCUT2D eigenvalue weighted by Crippen LogP contribution is -2.34. The van der Waals surface area contributed by atoms with Crippen LogP contribution in [-0.4, -0.2) is 43.0 Å². The highest BCUT2D eigenvalue weighted by Crippen LogP contribution is 2.21. The maximum absolute atomic E-state index is 11.5. The highest BCUT2D eigenvalue weighted by Gasteiger charge is 2.21. The summed E-state index contributed by atoms with van der Waals surface area (Å²) in [7, 11) is -3.90. The molecule has 5 N–H and O–H groups in total. The van der Waals surface area contributed by atoms with Crippen LogP contribution in [0, 0.1) is 0 Å². The van der Waals surface area contributed by atoms with Crippen molar-refractivity contribution in [1.29, 1.82) is 0 Å². The van der Waals surface area contributed by atoms with Crippen molar-refractivity contribution in [3.05, 3.63) is 29.8 Å². The molecular formula is C15H24N2O6S. The first kappa shape index (κ1) is 20.4. The number of carbonyl (C=O) groups is 1. The number of aliphatic hydroxyl groups excluding tert-OH is 2. The zero-order chi connectivity index (χ0) is 18.5. The maximum Gasteiger partial charge on any atom is 0.407 e. The SMILES string of the molecule is CC(C)(C)OC(=O)NCCC(O)C(O)c1cccc(S(N)(=O)=O)c1. The van der Waals surface area contributed by atoms with E-state index in [4.69, 9.17) is 9.88 Å². The van der Waals surface area contributed by atoms with Crippen molar-refractivity contribution < 1.29 is 28.2 Å². The summed E-state index contributed by atoms with van der Waals surface area (Å²) >= 11 is 0. The average Bonchev–Trinajstić information content (AvgIpc) is 2.43. The van der Waals surface area contributed by atoms with Crippen LogP contribution in [0.25, 0.3) is 0 Å². The smallest absolute Gasteiger partial charge is 0.407 e. The second-order valence-corrected chi connectivity index (χ2v) is 7.91. The van der Waals surface area contributed by atoms with Crippen LogP contribution in [0.2, 0.25) is 0 Å². The number of amides is 1. The number of benzene rings is 1. The van der Waals surface area contributed by atoms with Crippen molar-refractivity contribution in [1.82, 2.24) is 5.32 Å². The Bertz CT molecular complexity index is 669. The van der Waals surface area contributed by atoms with Gasteiger partial charge in [-0.2, -0.15) is 0 Å². The molecule has 0 heterocycles. The molecule has 0 saturated carbocycles. The van der Waals surface area contributed by atoms with Crippen molar-refractivity contribution in [3.63, 3.8) is 0 Å². The van der Waals surface area contributed by atoms with E-state index in [0.717, 1.165) is 0 Å². The van der Waals surface area contributed by atoms with Gasteiger partial charge in [-0.1, -0.05) is 12.1 Å². The van der Waals surface area contributed by atoms with E-state index in [1.807, 2.05) is 0 Å². The largest absolute Gasteiger partial charge is 0.444 e. The van der Waals surface area contributed by atoms with E-state index in [-0.39, 0.29) is 23.4 Å². The van der Waals surface area contributed by atoms with Crippen molar-refractivity contribution in [3.8, 4) is 0 Å². The third-order valence-corrected chi connectivity index (χ3v) is 3.91. The molecular weight excluding hydrogens is 336 g/mol. The number of aliphatic hydroxyl groups is 2. The molecule has 24 heavy (non-hydrogen) atoms. The first-order chi connectivity index (χ1) is 10.9. The van der Waals surface area contributed by atoms with Gasteiger partial charge >= 0.3 is 6.09 Å². The number of primary sulfonamides is 1. The van der Waals surface area contributed by atoms with Crippen molar-refractivity contribution in [2.75, 3.05) is 6.54 Å². The zero-order valence-corrected chi connectivity index (χ0v) is 14.7. The van der Waals surface area contributed by atoms with Gasteiger partial charge in [-0.15, -0.1) is 0 Å². The molecule has 0 aliphatic carbocycles. The molecule has 9 heteroatoms. The van der Waals surface area contributed by atoms with E-state index in [0.29, 0.717) is 0 Å². The number of rotatable bonds is 6. The van der Waals surface area contributed by atoms with E-state index in [2.05, 4.69) is 5.32 Å². The fourth-order valence-electron chi connectivity index (χ4n) is 1.89. The van der Waals surface area contributed by atoms with Crippen LogP contribution in [-0.2, 0) is 14.8 Å². The molecule has 0 aromatic heterocycles. The van der Waals surface area contributed by atoms with Gasteiger partial charge in [0.15, 0.2) is 0 Å². The van der Waals surface area contributed by atoms with Gasteiger partial charge in [0.05, 0.1) is 11.0 Å². The van der Waals surface area contributed by atoms with Crippen LogP contribution >= 0.6 is 0 Å². The quantitative estimate of drug-likeness (QED) is 0.587. The first-order valence-corrected chi connectivity index (χ1v) is 8.90. The molecule has 1 amide bonds. The van der Waals surface area contributed by atoms with Gasteiger partial charge < -0.3 is 20.3 Å². The number of alkyl carbamates (subject to hydrolysis) is 1. The summed E-state index contributed by atoms with van der Waals surface area (Å²) in [4.78, 5) is 11.3. The van der Waals surface area contributed by atoms with Crippen molar-refractivity contribution in [2.24, 2.45) is 5.14 Å². The summed E-state index contributed by atoms with van der Waals surface area (Å²) < 4.78 is 27.7. The molecule has 1 aromatic rings. The van der Waals surface area contributed by atoms with Crippen molar-refractivity contribution >= 4 is 16.1 Å². The van der Waals surface area contributed by atoms with Gasteiger partial charge in [0.1, 0.15) is 11.7 Å². The molecule has 0 aliphatic rings. The standard InChI is InChI=1S/C15H24N2O6S/c1-15(2,3)23-14(20)17-8-7-12(18)13(19)10-5-4-6-11(9-10)24(16,21)22/h4-6,9,12-13,18-19H,7-8H2,1-3H3,(H,17,20)(H2,16,21,22). The van der Waals surface area contributed by atoms with Gasteiger partial charge in [0.25, 0.3) is 0 Å². The summed E-state index contributed by atoms with van der Waals surface area (Å²) in [6.07, 6.45) is -3.08. The number of nitrogens with one attached hydrogen (secondary N) is 1. The Kier molecular flexibility index (Phi) is 6.73. The molecule has 2 unspecified atom stereocenters. The third kappa shape index (κ3) is 6.83. The molecule has 0 saturated heterocycles. The highest BCUT2D eigenvalue weighted by molar-refractivity contribution is 7.89. The second kappa shape index (κ2) is 7.93. The predicted octanol–water partition coefficient (Wildman–Crippen LogP) is 0.643. The topological polar surface area (TPSA) is 139 Å². The van der Waals surface area contributed by atoms with E-state index in [9.17, 15) is 23.4 Å². The van der Waals surface area contributed by atoms with E-state index in [1.54, 1.807) is 20.8 Å². The van der Waals surface area contributed by atoms with Crippen LogP contribution in [0.4, 0.5) is 4.79 Å². The molecule has 1 rings (SSSR count). The molecule has 0 fully saturated rings.